The van der Waals surface area contributed by atoms with Crippen molar-refractivity contribution in [3.8, 4) is 5.75 Å². The fourth-order valence-corrected chi connectivity index (χ4v) is 3.02. The minimum Gasteiger partial charge on any atom is -0.493 e. The standard InChI is InChI=1S/C10H12IN3O2S/c1-3-14-8(6(16-2)4-13-14)9(15)10-12-5-7(11)17-10/h4-5,9,15H,3H2,1-2H3. The van der Waals surface area contributed by atoms with Crippen LogP contribution in [0.25, 0.3) is 0 Å². The fraction of sp³-hybridized carbons (Fsp3) is 0.400. The van der Waals surface area contributed by atoms with E-state index in [1.54, 1.807) is 24.2 Å². The van der Waals surface area contributed by atoms with Gasteiger partial charge in [-0.05, 0) is 29.5 Å². The minimum atomic E-state index is -0.791. The Bertz CT molecular complexity index is 490. The van der Waals surface area contributed by atoms with Crippen LogP contribution in [0.4, 0.5) is 0 Å². The van der Waals surface area contributed by atoms with Gasteiger partial charge in [0, 0.05) is 6.54 Å². The van der Waals surface area contributed by atoms with Gasteiger partial charge in [-0.15, -0.1) is 11.3 Å². The fourth-order valence-electron chi connectivity index (χ4n) is 1.57. The molecule has 17 heavy (non-hydrogen) atoms. The van der Waals surface area contributed by atoms with Crippen LogP contribution in [0.3, 0.4) is 0 Å². The zero-order valence-electron chi connectivity index (χ0n) is 9.42. The van der Waals surface area contributed by atoms with Crippen LogP contribution < -0.4 is 4.74 Å². The lowest BCUT2D eigenvalue weighted by atomic mass is 10.2. The van der Waals surface area contributed by atoms with Crippen LogP contribution in [0, 0.1) is 2.88 Å². The van der Waals surface area contributed by atoms with Gasteiger partial charge in [0.1, 0.15) is 10.7 Å². The summed E-state index contributed by atoms with van der Waals surface area (Å²) >= 11 is 3.64. The lowest BCUT2D eigenvalue weighted by Gasteiger charge is -2.11. The molecule has 1 unspecified atom stereocenters. The third kappa shape index (κ3) is 2.45. The van der Waals surface area contributed by atoms with Crippen LogP contribution >= 0.6 is 33.9 Å². The van der Waals surface area contributed by atoms with E-state index in [9.17, 15) is 5.11 Å². The first-order valence-electron chi connectivity index (χ1n) is 5.06. The number of methoxy groups -OCH3 is 1. The maximum atomic E-state index is 10.3. The third-order valence-corrected chi connectivity index (χ3v) is 4.13. The monoisotopic (exact) mass is 365 g/mol. The Morgan fingerprint density at radius 3 is 2.88 bits per heavy atom. The first-order valence-corrected chi connectivity index (χ1v) is 6.95. The molecule has 0 amide bonds. The van der Waals surface area contributed by atoms with Gasteiger partial charge in [0.05, 0.1) is 22.4 Å². The molecule has 2 aromatic heterocycles. The molecule has 0 bridgehead atoms. The van der Waals surface area contributed by atoms with Crippen molar-refractivity contribution in [1.29, 1.82) is 0 Å². The van der Waals surface area contributed by atoms with Crippen molar-refractivity contribution in [2.75, 3.05) is 7.11 Å². The number of nitrogens with zero attached hydrogens (tertiary/aromatic N) is 3. The number of thiazole rings is 1. The van der Waals surface area contributed by atoms with Gasteiger partial charge in [-0.3, -0.25) is 4.68 Å². The predicted molar refractivity (Wildman–Crippen MR) is 73.3 cm³/mol. The van der Waals surface area contributed by atoms with E-state index >= 15 is 0 Å². The van der Waals surface area contributed by atoms with E-state index < -0.39 is 6.10 Å². The highest BCUT2D eigenvalue weighted by atomic mass is 127. The number of ether oxygens (including phenoxy) is 1. The average Bonchev–Trinajstić information content (AvgIpc) is 2.93. The van der Waals surface area contributed by atoms with Gasteiger partial charge >= 0.3 is 0 Å². The van der Waals surface area contributed by atoms with Gasteiger partial charge < -0.3 is 9.84 Å². The van der Waals surface area contributed by atoms with Crippen molar-refractivity contribution in [2.24, 2.45) is 0 Å². The second-order valence-electron chi connectivity index (χ2n) is 3.32. The molecule has 0 radical (unpaired) electrons. The number of aromatic nitrogens is 3. The number of hydrogen-bond donors (Lipinski definition) is 1. The Kier molecular flexibility index (Phi) is 4.00. The van der Waals surface area contributed by atoms with Gasteiger partial charge in [0.2, 0.25) is 0 Å². The van der Waals surface area contributed by atoms with E-state index in [-0.39, 0.29) is 0 Å². The largest absolute Gasteiger partial charge is 0.493 e. The molecule has 0 aromatic carbocycles. The van der Waals surface area contributed by atoms with Crippen LogP contribution in [0.1, 0.15) is 23.7 Å². The summed E-state index contributed by atoms with van der Waals surface area (Å²) in [5.74, 6) is 0.588. The Balaban J connectivity index is 2.41. The van der Waals surface area contributed by atoms with Crippen molar-refractivity contribution < 1.29 is 9.84 Å². The SMILES string of the molecule is CCn1ncc(OC)c1C(O)c1ncc(I)s1. The van der Waals surface area contributed by atoms with Gasteiger partial charge in [-0.2, -0.15) is 5.10 Å². The van der Waals surface area contributed by atoms with Gasteiger partial charge in [-0.1, -0.05) is 0 Å². The normalized spacial score (nSPS) is 12.7. The lowest BCUT2D eigenvalue weighted by molar-refractivity contribution is 0.202. The molecule has 0 aliphatic rings. The molecule has 0 spiro atoms. The van der Waals surface area contributed by atoms with Crippen LogP contribution in [-0.4, -0.2) is 27.0 Å². The molecule has 0 saturated carbocycles. The molecular weight excluding hydrogens is 353 g/mol. The number of aliphatic hydroxyl groups is 1. The summed E-state index contributed by atoms with van der Waals surface area (Å²) < 4.78 is 7.97. The molecule has 1 N–H and O–H groups in total. The quantitative estimate of drug-likeness (QED) is 0.843. The van der Waals surface area contributed by atoms with Crippen molar-refractivity contribution >= 4 is 33.9 Å². The molecule has 1 atom stereocenters. The number of hydrogen-bond acceptors (Lipinski definition) is 5. The molecule has 0 aliphatic heterocycles. The van der Waals surface area contributed by atoms with Gasteiger partial charge in [0.15, 0.2) is 11.9 Å². The topological polar surface area (TPSA) is 60.2 Å². The van der Waals surface area contributed by atoms with Crippen molar-refractivity contribution in [1.82, 2.24) is 14.8 Å². The highest BCUT2D eigenvalue weighted by Crippen LogP contribution is 2.32. The van der Waals surface area contributed by atoms with E-state index in [1.165, 1.54) is 11.3 Å². The maximum absolute atomic E-state index is 10.3. The van der Waals surface area contributed by atoms with Crippen LogP contribution in [0.5, 0.6) is 5.75 Å². The van der Waals surface area contributed by atoms with Crippen LogP contribution in [0.2, 0.25) is 0 Å². The number of rotatable bonds is 4. The summed E-state index contributed by atoms with van der Waals surface area (Å²) in [6, 6.07) is 0. The Labute approximate surface area is 117 Å². The summed E-state index contributed by atoms with van der Waals surface area (Å²) in [5, 5.41) is 15.1. The lowest BCUT2D eigenvalue weighted by Crippen LogP contribution is -2.10. The Morgan fingerprint density at radius 1 is 1.59 bits per heavy atom. The maximum Gasteiger partial charge on any atom is 0.163 e. The zero-order chi connectivity index (χ0) is 12.4. The summed E-state index contributed by atoms with van der Waals surface area (Å²) in [7, 11) is 1.57. The molecular formula is C10H12IN3O2S. The zero-order valence-corrected chi connectivity index (χ0v) is 12.4. The van der Waals surface area contributed by atoms with E-state index in [2.05, 4.69) is 32.7 Å². The number of aryl methyl sites for hydroxylation is 1. The van der Waals surface area contributed by atoms with E-state index in [0.29, 0.717) is 23.0 Å². The smallest absolute Gasteiger partial charge is 0.163 e. The van der Waals surface area contributed by atoms with E-state index in [1.807, 2.05) is 6.92 Å². The molecule has 5 nitrogen and oxygen atoms in total. The first-order chi connectivity index (χ1) is 8.17. The second kappa shape index (κ2) is 5.32. The van der Waals surface area contributed by atoms with E-state index in [0.717, 1.165) is 2.88 Å². The van der Waals surface area contributed by atoms with Crippen LogP contribution in [-0.2, 0) is 6.54 Å². The van der Waals surface area contributed by atoms with Crippen molar-refractivity contribution in [3.63, 3.8) is 0 Å². The number of aliphatic hydroxyl groups excluding tert-OH is 1. The first kappa shape index (κ1) is 12.8. The number of halogens is 1. The molecule has 92 valence electrons. The van der Waals surface area contributed by atoms with Crippen molar-refractivity contribution in [2.45, 2.75) is 19.6 Å². The molecule has 7 heteroatoms. The molecule has 2 rings (SSSR count). The van der Waals surface area contributed by atoms with Gasteiger partial charge in [0.25, 0.3) is 0 Å². The Hall–Kier alpha value is -0.670. The summed E-state index contributed by atoms with van der Waals surface area (Å²) in [6.45, 7) is 2.65. The predicted octanol–water partition coefficient (Wildman–Crippen LogP) is 2.05. The highest BCUT2D eigenvalue weighted by Gasteiger charge is 2.23. The molecule has 0 fully saturated rings. The minimum absolute atomic E-state index is 0.588. The Morgan fingerprint density at radius 2 is 2.35 bits per heavy atom. The molecule has 2 aromatic rings. The average molecular weight is 365 g/mol. The molecule has 0 saturated heterocycles. The van der Waals surface area contributed by atoms with E-state index in [4.69, 9.17) is 4.74 Å². The summed E-state index contributed by atoms with van der Waals surface area (Å²) in [5.41, 5.74) is 0.653. The molecule has 0 aliphatic carbocycles. The third-order valence-electron chi connectivity index (χ3n) is 2.35. The van der Waals surface area contributed by atoms with Crippen molar-refractivity contribution in [3.05, 3.63) is 26.0 Å². The molecule has 2 heterocycles. The van der Waals surface area contributed by atoms with Crippen LogP contribution in [0.15, 0.2) is 12.4 Å². The summed E-state index contributed by atoms with van der Waals surface area (Å²) in [4.78, 5) is 4.19. The summed E-state index contributed by atoms with van der Waals surface area (Å²) in [6.07, 6.45) is 2.56. The highest BCUT2D eigenvalue weighted by molar-refractivity contribution is 14.1. The van der Waals surface area contributed by atoms with Gasteiger partial charge in [-0.25, -0.2) is 4.98 Å². The second-order valence-corrected chi connectivity index (χ2v) is 6.28.